The Bertz CT molecular complexity index is 623. The standard InChI is InChI=1S/C14H15ClN2O3/c1-3-20-14(19)10-7-16-17(8-10)11-4-5-12(9(2)18)13(15)6-11/h4-9,18H,3H2,1-2H3. The van der Waals surface area contributed by atoms with E-state index in [1.165, 1.54) is 10.9 Å². The van der Waals surface area contributed by atoms with Gasteiger partial charge in [0.25, 0.3) is 0 Å². The van der Waals surface area contributed by atoms with Crippen LogP contribution in [0.15, 0.2) is 30.6 Å². The van der Waals surface area contributed by atoms with Gasteiger partial charge in [-0.25, -0.2) is 9.48 Å². The van der Waals surface area contributed by atoms with Gasteiger partial charge in [0, 0.05) is 11.2 Å². The van der Waals surface area contributed by atoms with E-state index >= 15 is 0 Å². The van der Waals surface area contributed by atoms with Crippen LogP contribution in [0, 0.1) is 0 Å². The number of hydrogen-bond donors (Lipinski definition) is 1. The highest BCUT2D eigenvalue weighted by atomic mass is 35.5. The molecule has 0 aliphatic carbocycles. The van der Waals surface area contributed by atoms with Gasteiger partial charge in [0.15, 0.2) is 0 Å². The highest BCUT2D eigenvalue weighted by Crippen LogP contribution is 2.25. The van der Waals surface area contributed by atoms with Crippen molar-refractivity contribution in [2.45, 2.75) is 20.0 Å². The van der Waals surface area contributed by atoms with Gasteiger partial charge in [-0.2, -0.15) is 5.10 Å². The quantitative estimate of drug-likeness (QED) is 0.881. The number of halogens is 1. The fourth-order valence-corrected chi connectivity index (χ4v) is 2.11. The number of aliphatic hydroxyl groups excluding tert-OH is 1. The summed E-state index contributed by atoms with van der Waals surface area (Å²) in [5, 5.41) is 14.1. The summed E-state index contributed by atoms with van der Waals surface area (Å²) in [6.07, 6.45) is 2.38. The summed E-state index contributed by atoms with van der Waals surface area (Å²) in [6.45, 7) is 3.71. The summed E-state index contributed by atoms with van der Waals surface area (Å²) in [4.78, 5) is 11.6. The third kappa shape index (κ3) is 3.00. The van der Waals surface area contributed by atoms with Gasteiger partial charge in [0.1, 0.15) is 0 Å². The van der Waals surface area contributed by atoms with Gasteiger partial charge in [0.2, 0.25) is 0 Å². The maximum Gasteiger partial charge on any atom is 0.341 e. The Balaban J connectivity index is 2.28. The van der Waals surface area contributed by atoms with Crippen molar-refractivity contribution in [3.63, 3.8) is 0 Å². The van der Waals surface area contributed by atoms with Crippen LogP contribution in [-0.2, 0) is 4.74 Å². The molecule has 1 atom stereocenters. The van der Waals surface area contributed by atoms with E-state index in [2.05, 4.69) is 5.10 Å². The predicted molar refractivity (Wildman–Crippen MR) is 75.2 cm³/mol. The zero-order valence-corrected chi connectivity index (χ0v) is 12.0. The number of carbonyl (C=O) groups is 1. The SMILES string of the molecule is CCOC(=O)c1cnn(-c2ccc(C(C)O)c(Cl)c2)c1. The maximum atomic E-state index is 11.6. The van der Waals surface area contributed by atoms with E-state index < -0.39 is 12.1 Å². The second-order valence-corrected chi connectivity index (χ2v) is 4.68. The number of carbonyl (C=O) groups excluding carboxylic acids is 1. The predicted octanol–water partition coefficient (Wildman–Crippen LogP) is 2.76. The first-order chi connectivity index (χ1) is 9.52. The van der Waals surface area contributed by atoms with E-state index in [1.54, 1.807) is 38.2 Å². The van der Waals surface area contributed by atoms with Gasteiger partial charge in [-0.3, -0.25) is 0 Å². The molecule has 0 saturated heterocycles. The molecule has 106 valence electrons. The molecule has 0 saturated carbocycles. The monoisotopic (exact) mass is 294 g/mol. The van der Waals surface area contributed by atoms with E-state index in [1.807, 2.05) is 0 Å². The lowest BCUT2D eigenvalue weighted by Gasteiger charge is -2.09. The van der Waals surface area contributed by atoms with E-state index in [4.69, 9.17) is 16.3 Å². The molecular weight excluding hydrogens is 280 g/mol. The average molecular weight is 295 g/mol. The zero-order chi connectivity index (χ0) is 14.7. The fraction of sp³-hybridized carbons (Fsp3) is 0.286. The summed E-state index contributed by atoms with van der Waals surface area (Å²) in [5.41, 5.74) is 1.73. The molecule has 1 unspecified atom stereocenters. The minimum Gasteiger partial charge on any atom is -0.462 e. The van der Waals surface area contributed by atoms with Crippen molar-refractivity contribution in [1.82, 2.24) is 9.78 Å². The third-order valence-corrected chi connectivity index (χ3v) is 3.12. The van der Waals surface area contributed by atoms with Crippen LogP contribution in [0.2, 0.25) is 5.02 Å². The van der Waals surface area contributed by atoms with Gasteiger partial charge in [-0.15, -0.1) is 0 Å². The lowest BCUT2D eigenvalue weighted by Crippen LogP contribution is -2.03. The maximum absolute atomic E-state index is 11.6. The number of ether oxygens (including phenoxy) is 1. The van der Waals surface area contributed by atoms with Crippen molar-refractivity contribution in [1.29, 1.82) is 0 Å². The van der Waals surface area contributed by atoms with Crippen LogP contribution in [0.25, 0.3) is 5.69 Å². The van der Waals surface area contributed by atoms with E-state index in [-0.39, 0.29) is 0 Å². The Morgan fingerprint density at radius 1 is 1.55 bits per heavy atom. The Morgan fingerprint density at radius 2 is 2.30 bits per heavy atom. The van der Waals surface area contributed by atoms with Crippen LogP contribution in [-0.4, -0.2) is 27.5 Å². The Hall–Kier alpha value is -1.85. The molecule has 6 heteroatoms. The lowest BCUT2D eigenvalue weighted by molar-refractivity contribution is 0.0526. The van der Waals surface area contributed by atoms with Gasteiger partial charge >= 0.3 is 5.97 Å². The number of benzene rings is 1. The molecule has 1 heterocycles. The van der Waals surface area contributed by atoms with Crippen molar-refractivity contribution in [2.75, 3.05) is 6.61 Å². The molecular formula is C14H15ClN2O3. The van der Waals surface area contributed by atoms with Crippen LogP contribution in [0.5, 0.6) is 0 Å². The summed E-state index contributed by atoms with van der Waals surface area (Å²) in [6, 6.07) is 5.19. The number of esters is 1. The molecule has 0 aliphatic heterocycles. The Labute approximate surface area is 121 Å². The van der Waals surface area contributed by atoms with Gasteiger partial charge in [-0.1, -0.05) is 17.7 Å². The number of rotatable bonds is 4. The van der Waals surface area contributed by atoms with Gasteiger partial charge in [0.05, 0.1) is 30.2 Å². The molecule has 2 aromatic rings. The minimum atomic E-state index is -0.635. The average Bonchev–Trinajstić information content (AvgIpc) is 2.88. The molecule has 2 rings (SSSR count). The largest absolute Gasteiger partial charge is 0.462 e. The summed E-state index contributed by atoms with van der Waals surface area (Å²) >= 11 is 6.10. The first-order valence-electron chi connectivity index (χ1n) is 6.22. The van der Waals surface area contributed by atoms with Crippen LogP contribution >= 0.6 is 11.6 Å². The molecule has 0 bridgehead atoms. The third-order valence-electron chi connectivity index (χ3n) is 2.79. The van der Waals surface area contributed by atoms with Crippen LogP contribution in [0.3, 0.4) is 0 Å². The molecule has 1 aromatic heterocycles. The Kier molecular flexibility index (Phi) is 4.42. The zero-order valence-electron chi connectivity index (χ0n) is 11.2. The number of hydrogen-bond acceptors (Lipinski definition) is 4. The van der Waals surface area contributed by atoms with Crippen LogP contribution < -0.4 is 0 Å². The number of aliphatic hydroxyl groups is 1. The van der Waals surface area contributed by atoms with E-state index in [0.717, 1.165) is 0 Å². The smallest absolute Gasteiger partial charge is 0.341 e. The molecule has 0 radical (unpaired) electrons. The first-order valence-corrected chi connectivity index (χ1v) is 6.60. The number of aromatic nitrogens is 2. The van der Waals surface area contributed by atoms with Crippen molar-refractivity contribution in [3.05, 3.63) is 46.7 Å². The highest BCUT2D eigenvalue weighted by Gasteiger charge is 2.12. The summed E-state index contributed by atoms with van der Waals surface area (Å²) in [7, 11) is 0. The normalized spacial score (nSPS) is 12.2. The summed E-state index contributed by atoms with van der Waals surface area (Å²) in [5.74, 6) is -0.412. The van der Waals surface area contributed by atoms with Gasteiger partial charge < -0.3 is 9.84 Å². The lowest BCUT2D eigenvalue weighted by atomic mass is 10.1. The first kappa shape index (κ1) is 14.6. The Morgan fingerprint density at radius 3 is 2.90 bits per heavy atom. The van der Waals surface area contributed by atoms with Crippen LogP contribution in [0.1, 0.15) is 35.9 Å². The molecule has 0 amide bonds. The second-order valence-electron chi connectivity index (χ2n) is 4.28. The van der Waals surface area contributed by atoms with Crippen molar-refractivity contribution >= 4 is 17.6 Å². The molecule has 0 spiro atoms. The molecule has 20 heavy (non-hydrogen) atoms. The topological polar surface area (TPSA) is 64.3 Å². The van der Waals surface area contributed by atoms with Crippen molar-refractivity contribution in [3.8, 4) is 5.69 Å². The molecule has 1 N–H and O–H groups in total. The van der Waals surface area contributed by atoms with E-state index in [0.29, 0.717) is 28.4 Å². The summed E-state index contributed by atoms with van der Waals surface area (Å²) < 4.78 is 6.43. The highest BCUT2D eigenvalue weighted by molar-refractivity contribution is 6.31. The van der Waals surface area contributed by atoms with Crippen LogP contribution in [0.4, 0.5) is 0 Å². The minimum absolute atomic E-state index is 0.318. The molecule has 0 aliphatic rings. The van der Waals surface area contributed by atoms with E-state index in [9.17, 15) is 9.90 Å². The second kappa shape index (κ2) is 6.07. The molecule has 0 fully saturated rings. The fourth-order valence-electron chi connectivity index (χ4n) is 1.78. The van der Waals surface area contributed by atoms with Gasteiger partial charge in [-0.05, 0) is 31.5 Å². The molecule has 1 aromatic carbocycles. The van der Waals surface area contributed by atoms with Crippen molar-refractivity contribution in [2.24, 2.45) is 0 Å². The number of nitrogens with zero attached hydrogens (tertiary/aromatic N) is 2. The van der Waals surface area contributed by atoms with Crippen molar-refractivity contribution < 1.29 is 14.6 Å². The molecule has 5 nitrogen and oxygen atoms in total.